The average molecular weight is 484 g/mol. The molecule has 1 aromatic carbocycles. The van der Waals surface area contributed by atoms with E-state index in [1.54, 1.807) is 34.5 Å². The number of benzene rings is 1. The van der Waals surface area contributed by atoms with E-state index in [0.717, 1.165) is 0 Å². The van der Waals surface area contributed by atoms with Crippen molar-refractivity contribution < 1.29 is 14.9 Å². The maximum atomic E-state index is 10.7. The quantitative estimate of drug-likeness (QED) is 0.566. The number of hydrogen-bond donors (Lipinski definition) is 2. The van der Waals surface area contributed by atoms with Crippen LogP contribution < -0.4 is 0 Å². The molecule has 2 N–H and O–H groups in total. The van der Waals surface area contributed by atoms with E-state index < -0.39 is 23.7 Å². The number of aliphatic hydroxyl groups excluding tert-OH is 2. The Morgan fingerprint density at radius 1 is 1.40 bits per heavy atom. The zero-order valence-electron chi connectivity index (χ0n) is 15.2. The Bertz CT molecular complexity index is 1090. The number of ether oxygens (including phenoxy) is 1. The Balaban J connectivity index is 1.58. The summed E-state index contributed by atoms with van der Waals surface area (Å²) in [7, 11) is 0. The van der Waals surface area contributed by atoms with Crippen LogP contribution in [-0.4, -0.2) is 54.4 Å². The number of nitrogens with zero attached hydrogens (tertiary/aromatic N) is 5. The van der Waals surface area contributed by atoms with Crippen molar-refractivity contribution in [2.75, 3.05) is 6.61 Å². The van der Waals surface area contributed by atoms with Gasteiger partial charge in [0, 0.05) is 21.7 Å². The molecule has 0 amide bonds. The number of aliphatic hydroxyl groups is 2. The third-order valence-electron chi connectivity index (χ3n) is 4.58. The third-order valence-corrected chi connectivity index (χ3v) is 7.16. The predicted molar refractivity (Wildman–Crippen MR) is 114 cm³/mol. The van der Waals surface area contributed by atoms with E-state index in [1.807, 2.05) is 0 Å². The van der Waals surface area contributed by atoms with Gasteiger partial charge >= 0.3 is 0 Å². The van der Waals surface area contributed by atoms with Crippen molar-refractivity contribution in [3.05, 3.63) is 45.5 Å². The molecule has 4 atom stereocenters. The molecule has 0 aliphatic carbocycles. The first-order valence-electron chi connectivity index (χ1n) is 8.82. The molecule has 0 spiro atoms. The number of rotatable bonds is 5. The van der Waals surface area contributed by atoms with Crippen LogP contribution in [0.5, 0.6) is 0 Å². The minimum absolute atomic E-state index is 0.362. The average Bonchev–Trinajstić information content (AvgIpc) is 3.38. The van der Waals surface area contributed by atoms with Gasteiger partial charge in [-0.2, -0.15) is 5.26 Å². The van der Waals surface area contributed by atoms with Crippen LogP contribution in [-0.2, 0) is 4.74 Å². The topological polar surface area (TPSA) is 117 Å². The first-order chi connectivity index (χ1) is 14.5. The smallest absolute Gasteiger partial charge is 0.147 e. The van der Waals surface area contributed by atoms with Gasteiger partial charge in [0.25, 0.3) is 0 Å². The molecule has 0 bridgehead atoms. The van der Waals surface area contributed by atoms with Gasteiger partial charge in [-0.05, 0) is 18.2 Å². The predicted octanol–water partition coefficient (Wildman–Crippen LogP) is 3.38. The number of halogens is 2. The van der Waals surface area contributed by atoms with Crippen LogP contribution >= 0.6 is 46.3 Å². The zero-order valence-corrected chi connectivity index (χ0v) is 18.4. The molecule has 1 aliphatic heterocycles. The van der Waals surface area contributed by atoms with Gasteiger partial charge in [-0.3, -0.25) is 0 Å². The van der Waals surface area contributed by atoms with E-state index in [9.17, 15) is 15.5 Å². The molecule has 1 saturated heterocycles. The molecule has 3 unspecified atom stereocenters. The van der Waals surface area contributed by atoms with Crippen molar-refractivity contribution in [1.29, 1.82) is 5.26 Å². The largest absolute Gasteiger partial charge is 0.394 e. The summed E-state index contributed by atoms with van der Waals surface area (Å²) in [6.45, 7) is -0.362. The minimum Gasteiger partial charge on any atom is -0.394 e. The fourth-order valence-electron chi connectivity index (χ4n) is 3.14. The molecule has 1 fully saturated rings. The summed E-state index contributed by atoms with van der Waals surface area (Å²) in [5.41, 5.74) is 0.569. The van der Waals surface area contributed by atoms with Crippen LogP contribution in [0.25, 0.3) is 10.7 Å². The summed E-state index contributed by atoms with van der Waals surface area (Å²) < 4.78 is 7.41. The Morgan fingerprint density at radius 2 is 2.23 bits per heavy atom. The summed E-state index contributed by atoms with van der Waals surface area (Å²) in [5, 5.41) is 41.2. The highest BCUT2D eigenvalue weighted by Crippen LogP contribution is 2.39. The standard InChI is InChI=1S/C18H15Cl2N5O3S2/c19-10-2-1-9(5-21)14(3-10)30-16-4-12(17(27)13(7-26)28-16)25-6-11(23-24-25)18-22-15(20)8-29-18/h1-3,6,8,12-13,16-17,26-27H,4,7H2/t12?,13?,16?,17-/m1/s1. The molecule has 3 aromatic rings. The van der Waals surface area contributed by atoms with E-state index in [2.05, 4.69) is 21.4 Å². The van der Waals surface area contributed by atoms with Gasteiger partial charge in [-0.15, -0.1) is 16.4 Å². The molecule has 4 rings (SSSR count). The van der Waals surface area contributed by atoms with Crippen LogP contribution in [0.3, 0.4) is 0 Å². The summed E-state index contributed by atoms with van der Waals surface area (Å²) in [5.74, 6) is 0. The Hall–Kier alpha value is -1.71. The normalized spacial score (nSPS) is 24.0. The van der Waals surface area contributed by atoms with Crippen molar-refractivity contribution in [1.82, 2.24) is 20.0 Å². The van der Waals surface area contributed by atoms with Crippen LogP contribution in [0.1, 0.15) is 18.0 Å². The zero-order chi connectivity index (χ0) is 21.3. The lowest BCUT2D eigenvalue weighted by molar-refractivity contribution is -0.130. The van der Waals surface area contributed by atoms with E-state index >= 15 is 0 Å². The molecule has 8 nitrogen and oxygen atoms in total. The summed E-state index contributed by atoms with van der Waals surface area (Å²) in [6, 6.07) is 6.63. The van der Waals surface area contributed by atoms with Crippen LogP contribution in [0.2, 0.25) is 10.2 Å². The lowest BCUT2D eigenvalue weighted by atomic mass is 10.00. The summed E-state index contributed by atoms with van der Waals surface area (Å²) >= 11 is 14.6. The van der Waals surface area contributed by atoms with Crippen LogP contribution in [0.4, 0.5) is 0 Å². The second-order valence-corrected chi connectivity index (χ2v) is 9.39. The maximum absolute atomic E-state index is 10.7. The third kappa shape index (κ3) is 4.48. The number of aromatic nitrogens is 4. The summed E-state index contributed by atoms with van der Waals surface area (Å²) in [4.78, 5) is 4.85. The molecule has 0 saturated carbocycles. The molecule has 3 heterocycles. The first-order valence-corrected chi connectivity index (χ1v) is 11.3. The Morgan fingerprint density at radius 3 is 2.93 bits per heavy atom. The van der Waals surface area contributed by atoms with Crippen molar-refractivity contribution in [2.45, 2.75) is 35.0 Å². The number of nitriles is 1. The first kappa shape index (κ1) is 21.5. The minimum atomic E-state index is -0.990. The van der Waals surface area contributed by atoms with Crippen LogP contribution in [0, 0.1) is 11.3 Å². The monoisotopic (exact) mass is 483 g/mol. The van der Waals surface area contributed by atoms with Crippen molar-refractivity contribution in [3.8, 4) is 16.8 Å². The molecular weight excluding hydrogens is 469 g/mol. The lowest BCUT2D eigenvalue weighted by Gasteiger charge is -2.38. The van der Waals surface area contributed by atoms with Gasteiger partial charge in [0.15, 0.2) is 0 Å². The van der Waals surface area contributed by atoms with Gasteiger partial charge < -0.3 is 14.9 Å². The fraction of sp³-hybridized carbons (Fsp3) is 0.333. The van der Waals surface area contributed by atoms with Gasteiger partial charge in [0.2, 0.25) is 0 Å². The molecular formula is C18H15Cl2N5O3S2. The summed E-state index contributed by atoms with van der Waals surface area (Å²) in [6.07, 6.45) is 0.259. The van der Waals surface area contributed by atoms with Gasteiger partial charge in [-0.1, -0.05) is 40.2 Å². The van der Waals surface area contributed by atoms with E-state index in [1.165, 1.54) is 23.1 Å². The highest BCUT2D eigenvalue weighted by molar-refractivity contribution is 7.99. The molecule has 30 heavy (non-hydrogen) atoms. The Labute approximate surface area is 190 Å². The van der Waals surface area contributed by atoms with E-state index in [0.29, 0.717) is 37.8 Å². The highest BCUT2D eigenvalue weighted by atomic mass is 35.5. The molecule has 2 aromatic heterocycles. The maximum Gasteiger partial charge on any atom is 0.147 e. The van der Waals surface area contributed by atoms with Gasteiger partial charge in [0.1, 0.15) is 39.6 Å². The van der Waals surface area contributed by atoms with E-state index in [4.69, 9.17) is 27.9 Å². The van der Waals surface area contributed by atoms with Crippen molar-refractivity contribution in [3.63, 3.8) is 0 Å². The highest BCUT2D eigenvalue weighted by Gasteiger charge is 2.39. The SMILES string of the molecule is N#Cc1ccc(Cl)cc1SC1CC(n2cc(-c3nc(Cl)cs3)nn2)[C@@H](O)C(CO)O1. The number of thioether (sulfide) groups is 1. The van der Waals surface area contributed by atoms with Crippen LogP contribution in [0.15, 0.2) is 34.7 Å². The molecule has 1 aliphatic rings. The van der Waals surface area contributed by atoms with Gasteiger partial charge in [-0.25, -0.2) is 9.67 Å². The van der Waals surface area contributed by atoms with E-state index in [-0.39, 0.29) is 6.61 Å². The molecule has 0 radical (unpaired) electrons. The molecule has 156 valence electrons. The lowest BCUT2D eigenvalue weighted by Crippen LogP contribution is -2.47. The van der Waals surface area contributed by atoms with Crippen molar-refractivity contribution >= 4 is 46.3 Å². The van der Waals surface area contributed by atoms with Gasteiger partial charge in [0.05, 0.1) is 24.4 Å². The fourth-order valence-corrected chi connectivity index (χ4v) is 5.49. The Kier molecular flexibility index (Phi) is 6.60. The van der Waals surface area contributed by atoms with Crippen molar-refractivity contribution in [2.24, 2.45) is 0 Å². The number of thiazole rings is 1. The molecule has 12 heteroatoms. The second-order valence-electron chi connectivity index (χ2n) is 6.51. The number of hydrogen-bond acceptors (Lipinski definition) is 9. The second kappa shape index (κ2) is 9.20.